The van der Waals surface area contributed by atoms with E-state index in [9.17, 15) is 12.8 Å². The minimum atomic E-state index is -3.87. The van der Waals surface area contributed by atoms with E-state index < -0.39 is 15.8 Å². The van der Waals surface area contributed by atoms with Gasteiger partial charge in [0.15, 0.2) is 0 Å². The Labute approximate surface area is 127 Å². The van der Waals surface area contributed by atoms with Gasteiger partial charge in [0.25, 0.3) is 10.0 Å². The van der Waals surface area contributed by atoms with Gasteiger partial charge in [0, 0.05) is 18.0 Å². The summed E-state index contributed by atoms with van der Waals surface area (Å²) in [5.74, 6) is -0.665. The highest BCUT2D eigenvalue weighted by Gasteiger charge is 2.18. The molecule has 3 N–H and O–H groups in total. The molecule has 1 aromatic carbocycles. The zero-order valence-electron chi connectivity index (χ0n) is 11.0. The lowest BCUT2D eigenvalue weighted by molar-refractivity contribution is 0.599. The average Bonchev–Trinajstić information content (AvgIpc) is 2.41. The summed E-state index contributed by atoms with van der Waals surface area (Å²) < 4.78 is 40.5. The van der Waals surface area contributed by atoms with Gasteiger partial charge in [-0.3, -0.25) is 9.71 Å². The van der Waals surface area contributed by atoms with Crippen LogP contribution in [0.2, 0.25) is 0 Å². The number of hydrogen-bond acceptors (Lipinski definition) is 4. The van der Waals surface area contributed by atoms with E-state index in [1.54, 1.807) is 6.92 Å². The molecule has 0 aliphatic carbocycles. The van der Waals surface area contributed by atoms with Gasteiger partial charge in [-0.15, -0.1) is 0 Å². The van der Waals surface area contributed by atoms with Crippen molar-refractivity contribution in [2.45, 2.75) is 11.8 Å². The maximum absolute atomic E-state index is 13.5. The molecule has 0 saturated carbocycles. The van der Waals surface area contributed by atoms with Crippen molar-refractivity contribution in [1.29, 1.82) is 0 Å². The molecular weight excluding hydrogens is 313 g/mol. The SMILES string of the molecule is Cc1cnccc1NS(=O)(=O)c1ccc(F)c(C(N)=S)c1. The van der Waals surface area contributed by atoms with Crippen molar-refractivity contribution in [3.05, 3.63) is 53.6 Å². The van der Waals surface area contributed by atoms with Crippen molar-refractivity contribution in [1.82, 2.24) is 4.98 Å². The third kappa shape index (κ3) is 3.34. The predicted octanol–water partition coefficient (Wildman–Crippen LogP) is 1.96. The fraction of sp³-hybridized carbons (Fsp3) is 0.0769. The number of nitrogens with one attached hydrogen (secondary N) is 1. The van der Waals surface area contributed by atoms with Gasteiger partial charge in [-0.2, -0.15) is 0 Å². The molecule has 0 aliphatic rings. The first-order valence-corrected chi connectivity index (χ1v) is 7.73. The van der Waals surface area contributed by atoms with Crippen LogP contribution < -0.4 is 10.5 Å². The maximum atomic E-state index is 13.5. The Hall–Kier alpha value is -2.06. The second kappa shape index (κ2) is 5.74. The van der Waals surface area contributed by atoms with E-state index in [2.05, 4.69) is 9.71 Å². The summed E-state index contributed by atoms with van der Waals surface area (Å²) >= 11 is 4.70. The lowest BCUT2D eigenvalue weighted by Gasteiger charge is -2.11. The van der Waals surface area contributed by atoms with Gasteiger partial charge in [0.1, 0.15) is 10.8 Å². The summed E-state index contributed by atoms with van der Waals surface area (Å²) in [5.41, 5.74) is 6.32. The summed E-state index contributed by atoms with van der Waals surface area (Å²) in [7, 11) is -3.87. The molecule has 1 heterocycles. The van der Waals surface area contributed by atoms with Crippen LogP contribution in [0, 0.1) is 12.7 Å². The van der Waals surface area contributed by atoms with Crippen LogP contribution in [0.15, 0.2) is 41.6 Å². The lowest BCUT2D eigenvalue weighted by Crippen LogP contribution is -2.17. The highest BCUT2D eigenvalue weighted by molar-refractivity contribution is 7.92. The molecule has 1 aromatic heterocycles. The molecule has 0 saturated heterocycles. The zero-order chi connectivity index (χ0) is 15.6. The van der Waals surface area contributed by atoms with Gasteiger partial charge in [-0.1, -0.05) is 12.2 Å². The van der Waals surface area contributed by atoms with E-state index in [1.807, 2.05) is 0 Å². The van der Waals surface area contributed by atoms with Crippen LogP contribution in [-0.2, 0) is 10.0 Å². The number of anilines is 1. The van der Waals surface area contributed by atoms with Gasteiger partial charge >= 0.3 is 0 Å². The number of benzene rings is 1. The molecule has 2 aromatic rings. The van der Waals surface area contributed by atoms with Gasteiger partial charge < -0.3 is 5.73 Å². The quantitative estimate of drug-likeness (QED) is 0.840. The average molecular weight is 325 g/mol. The monoisotopic (exact) mass is 325 g/mol. The molecule has 0 atom stereocenters. The third-order valence-corrected chi connectivity index (χ3v) is 4.36. The largest absolute Gasteiger partial charge is 0.389 e. The van der Waals surface area contributed by atoms with Crippen molar-refractivity contribution in [2.75, 3.05) is 4.72 Å². The highest BCUT2D eigenvalue weighted by atomic mass is 32.2. The number of nitrogens with two attached hydrogens (primary N) is 1. The number of rotatable bonds is 4. The summed E-state index contributed by atoms with van der Waals surface area (Å²) in [6, 6.07) is 4.81. The topological polar surface area (TPSA) is 85.1 Å². The van der Waals surface area contributed by atoms with Crippen LogP contribution in [-0.4, -0.2) is 18.4 Å². The molecule has 21 heavy (non-hydrogen) atoms. The number of halogens is 1. The number of nitrogens with zero attached hydrogens (tertiary/aromatic N) is 1. The Bertz CT molecular complexity index is 807. The van der Waals surface area contributed by atoms with E-state index >= 15 is 0 Å². The Morgan fingerprint density at radius 3 is 2.71 bits per heavy atom. The van der Waals surface area contributed by atoms with E-state index in [1.165, 1.54) is 18.5 Å². The van der Waals surface area contributed by atoms with Crippen molar-refractivity contribution in [2.24, 2.45) is 5.73 Å². The van der Waals surface area contributed by atoms with Crippen LogP contribution in [0.3, 0.4) is 0 Å². The number of sulfonamides is 1. The minimum Gasteiger partial charge on any atom is -0.389 e. The van der Waals surface area contributed by atoms with Crippen molar-refractivity contribution in [3.63, 3.8) is 0 Å². The van der Waals surface area contributed by atoms with Gasteiger partial charge in [0.2, 0.25) is 0 Å². The standard InChI is InChI=1S/C13H12FN3O2S2/c1-8-7-16-5-4-12(8)17-21(18,19)9-2-3-11(14)10(6-9)13(15)20/h2-7H,1H3,(H2,15,20)(H,16,17). The number of thiocarbonyl (C=S) groups is 1. The Balaban J connectivity index is 2.43. The van der Waals surface area contributed by atoms with Gasteiger partial charge in [-0.25, -0.2) is 12.8 Å². The first-order valence-electron chi connectivity index (χ1n) is 5.84. The van der Waals surface area contributed by atoms with Gasteiger partial charge in [-0.05, 0) is 36.8 Å². The molecule has 0 aliphatic heterocycles. The summed E-state index contributed by atoms with van der Waals surface area (Å²) in [4.78, 5) is 3.55. The van der Waals surface area contributed by atoms with E-state index in [0.717, 1.165) is 18.2 Å². The molecule has 2 rings (SSSR count). The lowest BCUT2D eigenvalue weighted by atomic mass is 10.2. The molecule has 110 valence electrons. The van der Waals surface area contributed by atoms with Crippen molar-refractivity contribution >= 4 is 32.9 Å². The summed E-state index contributed by atoms with van der Waals surface area (Å²) in [6.45, 7) is 1.72. The molecule has 0 unspecified atom stereocenters. The van der Waals surface area contributed by atoms with E-state index in [0.29, 0.717) is 11.3 Å². The van der Waals surface area contributed by atoms with Gasteiger partial charge in [0.05, 0.1) is 10.6 Å². The fourth-order valence-corrected chi connectivity index (χ4v) is 2.96. The second-order valence-corrected chi connectivity index (χ2v) is 6.42. The first-order chi connectivity index (χ1) is 9.81. The summed E-state index contributed by atoms with van der Waals surface area (Å²) in [5, 5.41) is 0. The molecule has 0 radical (unpaired) electrons. The molecule has 0 fully saturated rings. The Morgan fingerprint density at radius 1 is 1.38 bits per heavy atom. The Kier molecular flexibility index (Phi) is 4.19. The number of pyridine rings is 1. The van der Waals surface area contributed by atoms with Crippen molar-refractivity contribution in [3.8, 4) is 0 Å². The van der Waals surface area contributed by atoms with Crippen LogP contribution >= 0.6 is 12.2 Å². The molecule has 0 bridgehead atoms. The van der Waals surface area contributed by atoms with Crippen LogP contribution in [0.4, 0.5) is 10.1 Å². The Morgan fingerprint density at radius 2 is 2.10 bits per heavy atom. The van der Waals surface area contributed by atoms with Crippen LogP contribution in [0.25, 0.3) is 0 Å². The molecule has 0 amide bonds. The van der Waals surface area contributed by atoms with E-state index in [4.69, 9.17) is 18.0 Å². The van der Waals surface area contributed by atoms with Crippen LogP contribution in [0.5, 0.6) is 0 Å². The molecule has 8 heteroatoms. The minimum absolute atomic E-state index is 0.112. The van der Waals surface area contributed by atoms with Crippen molar-refractivity contribution < 1.29 is 12.8 Å². The molecule has 0 spiro atoms. The molecular formula is C13H12FN3O2S2. The molecule has 5 nitrogen and oxygen atoms in total. The normalized spacial score (nSPS) is 11.1. The fourth-order valence-electron chi connectivity index (χ4n) is 1.65. The van der Waals surface area contributed by atoms with Crippen LogP contribution in [0.1, 0.15) is 11.1 Å². The smallest absolute Gasteiger partial charge is 0.261 e. The zero-order valence-corrected chi connectivity index (χ0v) is 12.6. The first kappa shape index (κ1) is 15.3. The highest BCUT2D eigenvalue weighted by Crippen LogP contribution is 2.20. The number of hydrogen-bond donors (Lipinski definition) is 2. The third-order valence-electron chi connectivity index (χ3n) is 2.78. The number of aryl methyl sites for hydroxylation is 1. The maximum Gasteiger partial charge on any atom is 0.261 e. The van der Waals surface area contributed by atoms with E-state index in [-0.39, 0.29) is 15.4 Å². The summed E-state index contributed by atoms with van der Waals surface area (Å²) in [6.07, 6.45) is 3.00. The predicted molar refractivity (Wildman–Crippen MR) is 82.1 cm³/mol. The number of aromatic nitrogens is 1. The second-order valence-electron chi connectivity index (χ2n) is 4.30.